The summed E-state index contributed by atoms with van der Waals surface area (Å²) in [6.45, 7) is 5.56. The number of amides is 3. The van der Waals surface area contributed by atoms with Crippen molar-refractivity contribution < 1.29 is 38.5 Å². The number of benzene rings is 1. The lowest BCUT2D eigenvalue weighted by molar-refractivity contribution is -0.141. The van der Waals surface area contributed by atoms with Gasteiger partial charge in [0.25, 0.3) is 0 Å². The molecular weight excluding hydrogens is 610 g/mol. The minimum absolute atomic E-state index is 0.0559. The third-order valence-corrected chi connectivity index (χ3v) is 9.54. The molecule has 2 aliphatic heterocycles. The van der Waals surface area contributed by atoms with Crippen molar-refractivity contribution in [3.63, 3.8) is 0 Å². The summed E-state index contributed by atoms with van der Waals surface area (Å²) < 4.78 is 18.3. The van der Waals surface area contributed by atoms with Gasteiger partial charge in [-0.2, -0.15) is 0 Å². The number of aryl methyl sites for hydroxylation is 1. The molecular formula is C32H47N7O8. The second-order valence-electron chi connectivity index (χ2n) is 12.5. The van der Waals surface area contributed by atoms with Crippen LogP contribution in [0.15, 0.2) is 29.0 Å². The van der Waals surface area contributed by atoms with Crippen LogP contribution in [0.4, 0.5) is 4.79 Å². The van der Waals surface area contributed by atoms with Crippen LogP contribution in [0.1, 0.15) is 50.2 Å². The minimum atomic E-state index is -1.32. The summed E-state index contributed by atoms with van der Waals surface area (Å²) in [5.41, 5.74) is 12.5. The average Bonchev–Trinajstić information content (AvgIpc) is 3.37. The number of aliphatic carboxylic acids is 1. The van der Waals surface area contributed by atoms with Crippen LogP contribution in [0.5, 0.6) is 11.5 Å². The second kappa shape index (κ2) is 14.9. The Kier molecular flexibility index (Phi) is 11.2. The number of hydrogen-bond acceptors (Lipinski definition) is 9. The molecule has 2 unspecified atom stereocenters. The Hall–Kier alpha value is -4.53. The number of piperidine rings is 1. The number of nitrogens with zero attached hydrogens (tertiary/aromatic N) is 3. The molecule has 0 saturated carbocycles. The number of ether oxygens (including phenoxy) is 3. The normalized spacial score (nSPS) is 23.4. The number of carboxylic acid groups (broad SMARTS) is 1. The fourth-order valence-electron chi connectivity index (χ4n) is 7.06. The van der Waals surface area contributed by atoms with E-state index in [4.69, 9.17) is 30.8 Å². The third kappa shape index (κ3) is 7.56. The fraction of sp³-hybridized carbons (Fsp3) is 0.594. The van der Waals surface area contributed by atoms with Gasteiger partial charge in [0.05, 0.1) is 7.11 Å². The van der Waals surface area contributed by atoms with Crippen LogP contribution in [-0.4, -0.2) is 110 Å². The maximum Gasteiger partial charge on any atom is 0.414 e. The predicted octanol–water partition coefficient (Wildman–Crippen LogP) is 0.828. The van der Waals surface area contributed by atoms with Gasteiger partial charge in [-0.05, 0) is 76.7 Å². The van der Waals surface area contributed by atoms with Gasteiger partial charge in [-0.1, -0.05) is 6.07 Å². The van der Waals surface area contributed by atoms with Gasteiger partial charge < -0.3 is 51.2 Å². The molecule has 4 rings (SSSR count). The SMILES string of the molecule is COc1ccc(C)c2c1OC1C(OC(=O)N(C)CCNC(=O)[C@H](CCCN=C(N)N)NC(=O)CC(=O)O)=CCC3[C@@H](C)N(C)CC[C@]213. The summed E-state index contributed by atoms with van der Waals surface area (Å²) in [5, 5.41) is 14.1. The minimum Gasteiger partial charge on any atom is -0.493 e. The van der Waals surface area contributed by atoms with Crippen molar-refractivity contribution >= 4 is 29.8 Å². The number of carbonyl (C=O) groups excluding carboxylic acids is 3. The topological polar surface area (TPSA) is 211 Å². The molecule has 15 heteroatoms. The number of rotatable bonds is 13. The van der Waals surface area contributed by atoms with Crippen LogP contribution >= 0.6 is 0 Å². The second-order valence-corrected chi connectivity index (χ2v) is 12.5. The number of aliphatic imine (C=N–C) groups is 1. The lowest BCUT2D eigenvalue weighted by Crippen LogP contribution is -2.60. The van der Waals surface area contributed by atoms with E-state index in [2.05, 4.69) is 47.5 Å². The number of guanidine groups is 1. The Morgan fingerprint density at radius 1 is 1.28 bits per heavy atom. The molecule has 5 atom stereocenters. The van der Waals surface area contributed by atoms with E-state index in [0.717, 1.165) is 24.1 Å². The first-order valence-corrected chi connectivity index (χ1v) is 15.8. The van der Waals surface area contributed by atoms with Crippen LogP contribution in [0.2, 0.25) is 0 Å². The Morgan fingerprint density at radius 3 is 2.70 bits per heavy atom. The Morgan fingerprint density at radius 2 is 2.02 bits per heavy atom. The molecule has 0 aromatic heterocycles. The van der Waals surface area contributed by atoms with E-state index >= 15 is 0 Å². The van der Waals surface area contributed by atoms with Crippen molar-refractivity contribution in [2.75, 3.05) is 47.4 Å². The molecule has 1 aromatic rings. The highest BCUT2D eigenvalue weighted by molar-refractivity contribution is 5.96. The molecule has 1 fully saturated rings. The fourth-order valence-corrected chi connectivity index (χ4v) is 7.06. The van der Waals surface area contributed by atoms with Crippen LogP contribution in [0, 0.1) is 12.8 Å². The van der Waals surface area contributed by atoms with Crippen LogP contribution < -0.4 is 31.6 Å². The maximum absolute atomic E-state index is 13.3. The summed E-state index contributed by atoms with van der Waals surface area (Å²) in [6.07, 6.45) is 2.14. The zero-order valence-corrected chi connectivity index (χ0v) is 27.7. The van der Waals surface area contributed by atoms with Crippen molar-refractivity contribution in [2.24, 2.45) is 22.4 Å². The number of allylic oxidation sites excluding steroid dienone is 1. The molecule has 1 spiro atoms. The number of likely N-dealkylation sites (tertiary alicyclic amines) is 1. The summed E-state index contributed by atoms with van der Waals surface area (Å²) in [4.78, 5) is 56.8. The van der Waals surface area contributed by atoms with Gasteiger partial charge in [-0.25, -0.2) is 4.79 Å². The van der Waals surface area contributed by atoms with Gasteiger partial charge in [-0.3, -0.25) is 19.4 Å². The Balaban J connectivity index is 1.41. The molecule has 3 amide bonds. The molecule has 1 aliphatic carbocycles. The van der Waals surface area contributed by atoms with Crippen LogP contribution in [0.25, 0.3) is 0 Å². The number of carbonyl (C=O) groups is 4. The molecule has 1 saturated heterocycles. The van der Waals surface area contributed by atoms with Crippen molar-refractivity contribution in [1.82, 2.24) is 20.4 Å². The molecule has 2 heterocycles. The molecule has 15 nitrogen and oxygen atoms in total. The predicted molar refractivity (Wildman–Crippen MR) is 173 cm³/mol. The first-order chi connectivity index (χ1) is 22.3. The van der Waals surface area contributed by atoms with E-state index in [9.17, 15) is 19.2 Å². The van der Waals surface area contributed by atoms with Gasteiger partial charge in [0.2, 0.25) is 11.8 Å². The number of methoxy groups -OCH3 is 1. The van der Waals surface area contributed by atoms with Gasteiger partial charge in [0, 0.05) is 43.7 Å². The first kappa shape index (κ1) is 35.3. The van der Waals surface area contributed by atoms with Crippen molar-refractivity contribution in [3.8, 4) is 11.5 Å². The average molecular weight is 658 g/mol. The summed E-state index contributed by atoms with van der Waals surface area (Å²) in [5.74, 6) is -0.719. The molecule has 7 N–H and O–H groups in total. The first-order valence-electron chi connectivity index (χ1n) is 15.8. The highest BCUT2D eigenvalue weighted by atomic mass is 16.6. The zero-order chi connectivity index (χ0) is 34.5. The Labute approximate surface area is 274 Å². The standard InChI is InChI=1S/C32H47N7O8/c1-18-8-10-22(45-5)27-26(18)32-12-15-38(3)19(2)20(32)9-11-23(28(32)47-27)46-31(44)39(4)16-14-35-29(43)21(7-6-13-36-30(33)34)37-24(40)17-25(41)42/h8,10-11,19-21,28H,6-7,9,12-17H2,1-5H3,(H,35,43)(H,37,40)(H,41,42)(H4,33,34,36)/t19-,20?,21+,28?,32+/m1/s1. The summed E-state index contributed by atoms with van der Waals surface area (Å²) >= 11 is 0. The molecule has 3 aliphatic rings. The largest absolute Gasteiger partial charge is 0.493 e. The number of likely N-dealkylation sites (N-methyl/N-ethyl adjacent to an activating group) is 1. The molecule has 0 bridgehead atoms. The molecule has 0 radical (unpaired) electrons. The summed E-state index contributed by atoms with van der Waals surface area (Å²) in [7, 11) is 5.31. The third-order valence-electron chi connectivity index (χ3n) is 9.54. The zero-order valence-electron chi connectivity index (χ0n) is 27.7. The Bertz CT molecular complexity index is 1430. The van der Waals surface area contributed by atoms with E-state index < -0.39 is 47.9 Å². The number of nitrogens with one attached hydrogen (secondary N) is 2. The van der Waals surface area contributed by atoms with E-state index in [1.807, 2.05) is 12.1 Å². The quantitative estimate of drug-likeness (QED) is 0.0868. The van der Waals surface area contributed by atoms with E-state index in [-0.39, 0.29) is 44.0 Å². The summed E-state index contributed by atoms with van der Waals surface area (Å²) in [6, 6.07) is 3.22. The van der Waals surface area contributed by atoms with Crippen LogP contribution in [-0.2, 0) is 24.5 Å². The number of hydrogen-bond donors (Lipinski definition) is 5. The monoisotopic (exact) mass is 657 g/mol. The van der Waals surface area contributed by atoms with Crippen molar-refractivity contribution in [3.05, 3.63) is 35.1 Å². The van der Waals surface area contributed by atoms with Gasteiger partial charge in [0.15, 0.2) is 23.6 Å². The van der Waals surface area contributed by atoms with E-state index in [1.165, 1.54) is 4.90 Å². The molecule has 47 heavy (non-hydrogen) atoms. The van der Waals surface area contributed by atoms with Gasteiger partial charge >= 0.3 is 12.1 Å². The van der Waals surface area contributed by atoms with E-state index in [1.54, 1.807) is 14.2 Å². The van der Waals surface area contributed by atoms with Crippen molar-refractivity contribution in [2.45, 2.75) is 69.6 Å². The van der Waals surface area contributed by atoms with Crippen LogP contribution in [0.3, 0.4) is 0 Å². The highest BCUT2D eigenvalue weighted by Gasteiger charge is 2.62. The number of nitrogens with two attached hydrogens (primary N) is 2. The number of fused-ring (bicyclic) bond motifs is 1. The highest BCUT2D eigenvalue weighted by Crippen LogP contribution is 2.61. The number of carboxylic acids is 1. The van der Waals surface area contributed by atoms with Gasteiger partial charge in [0.1, 0.15) is 18.2 Å². The lowest BCUT2D eigenvalue weighted by atomic mass is 9.57. The van der Waals surface area contributed by atoms with Gasteiger partial charge in [-0.15, -0.1) is 0 Å². The van der Waals surface area contributed by atoms with E-state index in [0.29, 0.717) is 30.1 Å². The van der Waals surface area contributed by atoms with Crippen molar-refractivity contribution in [1.29, 1.82) is 0 Å². The lowest BCUT2D eigenvalue weighted by Gasteiger charge is -2.53. The maximum atomic E-state index is 13.3. The molecule has 1 aromatic carbocycles. The molecule has 258 valence electrons. The smallest absolute Gasteiger partial charge is 0.414 e.